The molecule has 2 heteroatoms. The number of carbonyl (C=O) groups is 1. The second-order valence-electron chi connectivity index (χ2n) is 9.08. The molecule has 1 fully saturated rings. The minimum Gasteiger partial charge on any atom is -0.459 e. The number of benzene rings is 1. The van der Waals surface area contributed by atoms with Crippen molar-refractivity contribution in [3.63, 3.8) is 0 Å². The van der Waals surface area contributed by atoms with Crippen LogP contribution in [0.3, 0.4) is 0 Å². The van der Waals surface area contributed by atoms with E-state index < -0.39 is 0 Å². The van der Waals surface area contributed by atoms with E-state index in [0.717, 1.165) is 36.7 Å². The number of unbranched alkanes of at least 4 members (excludes halogenated alkanes) is 4. The van der Waals surface area contributed by atoms with Gasteiger partial charge in [0.15, 0.2) is 0 Å². The topological polar surface area (TPSA) is 26.3 Å². The maximum absolute atomic E-state index is 12.5. The van der Waals surface area contributed by atoms with E-state index in [1.54, 1.807) is 0 Å². The van der Waals surface area contributed by atoms with E-state index in [9.17, 15) is 4.79 Å². The second-order valence-corrected chi connectivity index (χ2v) is 9.08. The van der Waals surface area contributed by atoms with Crippen molar-refractivity contribution >= 4 is 5.97 Å². The molecule has 1 aromatic carbocycles. The molecule has 27 heavy (non-hydrogen) atoms. The molecule has 0 radical (unpaired) electrons. The zero-order valence-corrected chi connectivity index (χ0v) is 17.5. The molecule has 0 aliphatic heterocycles. The molecule has 0 amide bonds. The summed E-state index contributed by atoms with van der Waals surface area (Å²) in [4.78, 5) is 12.5. The molecule has 1 aromatic rings. The Kier molecular flexibility index (Phi) is 7.79. The third kappa shape index (κ3) is 6.09. The molecule has 0 aromatic heterocycles. The van der Waals surface area contributed by atoms with Gasteiger partial charge in [-0.25, -0.2) is 4.79 Å². The van der Waals surface area contributed by atoms with E-state index in [1.807, 2.05) is 6.07 Å². The van der Waals surface area contributed by atoms with Crippen molar-refractivity contribution in [1.29, 1.82) is 0 Å². The molecular weight excluding hydrogens is 332 g/mol. The Morgan fingerprint density at radius 2 is 1.78 bits per heavy atom. The summed E-state index contributed by atoms with van der Waals surface area (Å²) in [7, 11) is 0. The standard InChI is InChI=1S/C25H38O2/c1-3-4-5-6-7-8-20-11-12-22-18-23(14-13-21(22)17-20)25(26)27-24-15-9-19(2)10-16-24/h13-14,18-20,24H,3-12,15-17H2,1-2H3/t19-,20?,24-. The molecule has 3 rings (SSSR count). The molecule has 1 unspecified atom stereocenters. The quantitative estimate of drug-likeness (QED) is 0.368. The van der Waals surface area contributed by atoms with Gasteiger partial charge >= 0.3 is 5.97 Å². The van der Waals surface area contributed by atoms with Crippen LogP contribution in [0.2, 0.25) is 0 Å². The minimum absolute atomic E-state index is 0.115. The Hall–Kier alpha value is -1.31. The predicted molar refractivity (Wildman–Crippen MR) is 112 cm³/mol. The summed E-state index contributed by atoms with van der Waals surface area (Å²) < 4.78 is 5.78. The molecule has 2 aliphatic rings. The summed E-state index contributed by atoms with van der Waals surface area (Å²) in [5.74, 6) is 1.50. The van der Waals surface area contributed by atoms with Crippen LogP contribution < -0.4 is 0 Å². The van der Waals surface area contributed by atoms with Gasteiger partial charge in [-0.1, -0.05) is 58.4 Å². The second kappa shape index (κ2) is 10.3. The van der Waals surface area contributed by atoms with Gasteiger partial charge in [-0.3, -0.25) is 0 Å². The van der Waals surface area contributed by atoms with E-state index in [1.165, 1.54) is 75.3 Å². The van der Waals surface area contributed by atoms with Crippen molar-refractivity contribution in [2.75, 3.05) is 0 Å². The average molecular weight is 371 g/mol. The minimum atomic E-state index is -0.115. The Bertz CT molecular complexity index is 598. The lowest BCUT2D eigenvalue weighted by molar-refractivity contribution is 0.0173. The van der Waals surface area contributed by atoms with Crippen LogP contribution in [0.1, 0.15) is 106 Å². The summed E-state index contributed by atoms with van der Waals surface area (Å²) in [6.07, 6.45) is 16.4. The highest BCUT2D eigenvalue weighted by Gasteiger charge is 2.24. The maximum atomic E-state index is 12.5. The van der Waals surface area contributed by atoms with Crippen molar-refractivity contribution in [2.24, 2.45) is 11.8 Å². The van der Waals surface area contributed by atoms with E-state index in [2.05, 4.69) is 26.0 Å². The molecule has 1 atom stereocenters. The highest BCUT2D eigenvalue weighted by Crippen LogP contribution is 2.31. The lowest BCUT2D eigenvalue weighted by Gasteiger charge is -2.27. The van der Waals surface area contributed by atoms with Gasteiger partial charge in [-0.2, -0.15) is 0 Å². The van der Waals surface area contributed by atoms with Gasteiger partial charge in [0.1, 0.15) is 6.10 Å². The summed E-state index contributed by atoms with van der Waals surface area (Å²) in [6.45, 7) is 4.57. The van der Waals surface area contributed by atoms with Crippen molar-refractivity contribution < 1.29 is 9.53 Å². The van der Waals surface area contributed by atoms with Crippen LogP contribution in [0.4, 0.5) is 0 Å². The largest absolute Gasteiger partial charge is 0.459 e. The summed E-state index contributed by atoms with van der Waals surface area (Å²) in [6, 6.07) is 6.30. The van der Waals surface area contributed by atoms with Gasteiger partial charge in [-0.05, 0) is 80.0 Å². The first-order chi connectivity index (χ1) is 13.2. The molecule has 0 saturated heterocycles. The van der Waals surface area contributed by atoms with Crippen LogP contribution in [0.5, 0.6) is 0 Å². The Labute approximate surface area is 166 Å². The van der Waals surface area contributed by atoms with Gasteiger partial charge in [0.2, 0.25) is 0 Å². The fourth-order valence-corrected chi connectivity index (χ4v) is 4.81. The number of esters is 1. The molecule has 2 aliphatic carbocycles. The molecule has 0 heterocycles. The summed E-state index contributed by atoms with van der Waals surface area (Å²) in [5, 5.41) is 0. The maximum Gasteiger partial charge on any atom is 0.338 e. The number of aryl methyl sites for hydroxylation is 1. The normalized spacial score (nSPS) is 25.0. The fourth-order valence-electron chi connectivity index (χ4n) is 4.81. The average Bonchev–Trinajstić information content (AvgIpc) is 2.69. The fraction of sp³-hybridized carbons (Fsp3) is 0.720. The first-order valence-electron chi connectivity index (χ1n) is 11.5. The number of hydrogen-bond donors (Lipinski definition) is 0. The van der Waals surface area contributed by atoms with Crippen LogP contribution in [0.15, 0.2) is 18.2 Å². The van der Waals surface area contributed by atoms with Gasteiger partial charge in [0, 0.05) is 0 Å². The van der Waals surface area contributed by atoms with E-state index in [4.69, 9.17) is 4.74 Å². The van der Waals surface area contributed by atoms with Gasteiger partial charge in [0.25, 0.3) is 0 Å². The number of rotatable bonds is 8. The lowest BCUT2D eigenvalue weighted by atomic mass is 9.81. The van der Waals surface area contributed by atoms with Gasteiger partial charge in [-0.15, -0.1) is 0 Å². The monoisotopic (exact) mass is 370 g/mol. The molecule has 0 bridgehead atoms. The number of fused-ring (bicyclic) bond motifs is 1. The lowest BCUT2D eigenvalue weighted by Crippen LogP contribution is -2.24. The highest BCUT2D eigenvalue weighted by molar-refractivity contribution is 5.89. The molecule has 2 nitrogen and oxygen atoms in total. The highest BCUT2D eigenvalue weighted by atomic mass is 16.5. The van der Waals surface area contributed by atoms with Crippen LogP contribution in [0.25, 0.3) is 0 Å². The van der Waals surface area contributed by atoms with E-state index in [-0.39, 0.29) is 12.1 Å². The number of ether oxygens (including phenoxy) is 1. The van der Waals surface area contributed by atoms with Gasteiger partial charge < -0.3 is 4.74 Å². The predicted octanol–water partition coefficient (Wildman–Crippen LogP) is 6.89. The van der Waals surface area contributed by atoms with Crippen LogP contribution in [0, 0.1) is 11.8 Å². The third-order valence-electron chi connectivity index (χ3n) is 6.72. The molecule has 0 N–H and O–H groups in total. The van der Waals surface area contributed by atoms with E-state index >= 15 is 0 Å². The van der Waals surface area contributed by atoms with Crippen LogP contribution in [-0.2, 0) is 17.6 Å². The SMILES string of the molecule is CCCCCCCC1CCc2cc(C(=O)O[C@H]3CC[C@H](C)CC3)ccc2C1. The van der Waals surface area contributed by atoms with Gasteiger partial charge in [0.05, 0.1) is 5.56 Å². The smallest absolute Gasteiger partial charge is 0.338 e. The van der Waals surface area contributed by atoms with Crippen LogP contribution >= 0.6 is 0 Å². The Morgan fingerprint density at radius 1 is 1.00 bits per heavy atom. The molecule has 0 spiro atoms. The molecule has 150 valence electrons. The van der Waals surface area contributed by atoms with Crippen molar-refractivity contribution in [1.82, 2.24) is 0 Å². The first-order valence-corrected chi connectivity index (χ1v) is 11.5. The number of carbonyl (C=O) groups excluding carboxylic acids is 1. The van der Waals surface area contributed by atoms with Crippen molar-refractivity contribution in [3.8, 4) is 0 Å². The van der Waals surface area contributed by atoms with Crippen LogP contribution in [-0.4, -0.2) is 12.1 Å². The first kappa shape index (κ1) is 20.4. The summed E-state index contributed by atoms with van der Waals surface area (Å²) in [5.41, 5.74) is 3.59. The Morgan fingerprint density at radius 3 is 2.56 bits per heavy atom. The molecule has 1 saturated carbocycles. The molecular formula is C25H38O2. The van der Waals surface area contributed by atoms with Crippen molar-refractivity contribution in [3.05, 3.63) is 34.9 Å². The zero-order valence-electron chi connectivity index (χ0n) is 17.5. The number of hydrogen-bond acceptors (Lipinski definition) is 2. The zero-order chi connectivity index (χ0) is 19.1. The van der Waals surface area contributed by atoms with E-state index in [0.29, 0.717) is 0 Å². The van der Waals surface area contributed by atoms with Crippen molar-refractivity contribution in [2.45, 2.75) is 103 Å². The Balaban J connectivity index is 1.48. The third-order valence-corrected chi connectivity index (χ3v) is 6.72. The summed E-state index contributed by atoms with van der Waals surface area (Å²) >= 11 is 0.